The van der Waals surface area contributed by atoms with Gasteiger partial charge in [-0.25, -0.2) is 0 Å². The average Bonchev–Trinajstić information content (AvgIpc) is 3.24. The van der Waals surface area contributed by atoms with Crippen LogP contribution in [0.2, 0.25) is 0 Å². The molecule has 0 aliphatic carbocycles. The van der Waals surface area contributed by atoms with E-state index in [0.29, 0.717) is 6.79 Å². The number of hydrogen-bond donors (Lipinski definition) is 0. The summed E-state index contributed by atoms with van der Waals surface area (Å²) >= 11 is 0. The molecule has 0 spiro atoms. The van der Waals surface area contributed by atoms with Crippen molar-refractivity contribution in [2.45, 2.75) is 18.9 Å². The van der Waals surface area contributed by atoms with Gasteiger partial charge in [-0.1, -0.05) is 11.2 Å². The zero-order valence-corrected chi connectivity index (χ0v) is 12.8. The van der Waals surface area contributed by atoms with Crippen molar-refractivity contribution >= 4 is 5.71 Å². The van der Waals surface area contributed by atoms with Gasteiger partial charge in [0.05, 0.1) is 12.8 Å². The van der Waals surface area contributed by atoms with Crippen LogP contribution in [0, 0.1) is 0 Å². The Morgan fingerprint density at radius 1 is 1.09 bits per heavy atom. The molecule has 1 unspecified atom stereocenters. The standard InChI is InChI=1S/C18H17NO4/c1-20-14-5-3-13(4-6-14)16-10-15(23-19-16)8-12-2-7-17-18(9-12)22-11-21-17/h2-7,9,15H,8,10-11H2,1H3. The number of rotatable bonds is 4. The molecule has 0 amide bonds. The molecule has 2 aromatic rings. The molecular weight excluding hydrogens is 294 g/mol. The van der Waals surface area contributed by atoms with Gasteiger partial charge in [-0.15, -0.1) is 0 Å². The Kier molecular flexibility index (Phi) is 3.54. The molecule has 4 rings (SSSR count). The van der Waals surface area contributed by atoms with Gasteiger partial charge >= 0.3 is 0 Å². The van der Waals surface area contributed by atoms with E-state index in [2.05, 4.69) is 5.16 Å². The molecular formula is C18H17NO4. The van der Waals surface area contributed by atoms with Gasteiger partial charge in [-0.05, 0) is 47.5 Å². The van der Waals surface area contributed by atoms with Crippen LogP contribution in [0.4, 0.5) is 0 Å². The summed E-state index contributed by atoms with van der Waals surface area (Å²) in [6.45, 7) is 0.295. The van der Waals surface area contributed by atoms with Crippen molar-refractivity contribution in [1.29, 1.82) is 0 Å². The lowest BCUT2D eigenvalue weighted by Gasteiger charge is -2.08. The van der Waals surface area contributed by atoms with Crippen molar-refractivity contribution < 1.29 is 19.0 Å². The highest BCUT2D eigenvalue weighted by atomic mass is 16.7. The van der Waals surface area contributed by atoms with Crippen molar-refractivity contribution in [2.75, 3.05) is 13.9 Å². The van der Waals surface area contributed by atoms with Gasteiger partial charge in [0.2, 0.25) is 6.79 Å². The normalized spacial score (nSPS) is 18.5. The summed E-state index contributed by atoms with van der Waals surface area (Å²) in [4.78, 5) is 5.58. The second-order valence-electron chi connectivity index (χ2n) is 5.59. The van der Waals surface area contributed by atoms with Crippen LogP contribution in [0.3, 0.4) is 0 Å². The molecule has 5 nitrogen and oxygen atoms in total. The summed E-state index contributed by atoms with van der Waals surface area (Å²) in [5.41, 5.74) is 3.20. The molecule has 2 aromatic carbocycles. The first kappa shape index (κ1) is 13.9. The molecule has 0 bridgehead atoms. The van der Waals surface area contributed by atoms with Gasteiger partial charge < -0.3 is 19.0 Å². The minimum absolute atomic E-state index is 0.0486. The van der Waals surface area contributed by atoms with Crippen molar-refractivity contribution in [3.63, 3.8) is 0 Å². The van der Waals surface area contributed by atoms with E-state index < -0.39 is 0 Å². The van der Waals surface area contributed by atoms with Crippen LogP contribution in [-0.2, 0) is 11.3 Å². The van der Waals surface area contributed by atoms with E-state index in [1.807, 2.05) is 42.5 Å². The molecule has 0 N–H and O–H groups in total. The Labute approximate surface area is 134 Å². The molecule has 2 heterocycles. The third-order valence-electron chi connectivity index (χ3n) is 4.06. The van der Waals surface area contributed by atoms with Crippen molar-refractivity contribution in [2.24, 2.45) is 5.16 Å². The monoisotopic (exact) mass is 311 g/mol. The Morgan fingerprint density at radius 2 is 1.91 bits per heavy atom. The predicted molar refractivity (Wildman–Crippen MR) is 85.3 cm³/mol. The number of ether oxygens (including phenoxy) is 3. The van der Waals surface area contributed by atoms with E-state index in [0.717, 1.165) is 46.9 Å². The minimum Gasteiger partial charge on any atom is -0.497 e. The fourth-order valence-electron chi connectivity index (χ4n) is 2.82. The fourth-order valence-corrected chi connectivity index (χ4v) is 2.82. The van der Waals surface area contributed by atoms with Crippen LogP contribution >= 0.6 is 0 Å². The lowest BCUT2D eigenvalue weighted by molar-refractivity contribution is 0.0859. The van der Waals surface area contributed by atoms with Gasteiger partial charge in [-0.2, -0.15) is 0 Å². The first-order valence-electron chi connectivity index (χ1n) is 7.57. The lowest BCUT2D eigenvalue weighted by Crippen LogP contribution is -2.11. The molecule has 23 heavy (non-hydrogen) atoms. The first-order valence-corrected chi connectivity index (χ1v) is 7.57. The van der Waals surface area contributed by atoms with Crippen LogP contribution < -0.4 is 14.2 Å². The molecule has 0 saturated carbocycles. The highest BCUT2D eigenvalue weighted by Gasteiger charge is 2.23. The number of benzene rings is 2. The summed E-state index contributed by atoms with van der Waals surface area (Å²) in [6.07, 6.45) is 1.63. The van der Waals surface area contributed by atoms with Gasteiger partial charge in [0.1, 0.15) is 11.9 Å². The molecule has 118 valence electrons. The van der Waals surface area contributed by atoms with Crippen molar-refractivity contribution in [3.05, 3.63) is 53.6 Å². The third-order valence-corrected chi connectivity index (χ3v) is 4.06. The Bertz CT molecular complexity index is 739. The van der Waals surface area contributed by atoms with Crippen LogP contribution in [0.15, 0.2) is 47.6 Å². The Hall–Kier alpha value is -2.69. The van der Waals surface area contributed by atoms with Crippen LogP contribution in [0.5, 0.6) is 17.2 Å². The molecule has 5 heteroatoms. The molecule has 0 aromatic heterocycles. The number of oxime groups is 1. The number of nitrogens with zero attached hydrogens (tertiary/aromatic N) is 1. The van der Waals surface area contributed by atoms with E-state index in [1.54, 1.807) is 7.11 Å². The summed E-state index contributed by atoms with van der Waals surface area (Å²) in [7, 11) is 1.66. The van der Waals surface area contributed by atoms with Gasteiger partial charge in [-0.3, -0.25) is 0 Å². The predicted octanol–water partition coefficient (Wildman–Crippen LogP) is 3.16. The summed E-state index contributed by atoms with van der Waals surface area (Å²) in [6, 6.07) is 13.9. The van der Waals surface area contributed by atoms with E-state index in [-0.39, 0.29) is 6.10 Å². The third kappa shape index (κ3) is 2.82. The lowest BCUT2D eigenvalue weighted by atomic mass is 10.00. The van der Waals surface area contributed by atoms with E-state index in [1.165, 1.54) is 0 Å². The highest BCUT2D eigenvalue weighted by molar-refractivity contribution is 6.01. The number of hydrogen-bond acceptors (Lipinski definition) is 5. The van der Waals surface area contributed by atoms with Crippen LogP contribution in [0.25, 0.3) is 0 Å². The maximum atomic E-state index is 5.58. The highest BCUT2D eigenvalue weighted by Crippen LogP contribution is 2.33. The maximum Gasteiger partial charge on any atom is 0.231 e. The van der Waals surface area contributed by atoms with Gasteiger partial charge in [0.15, 0.2) is 11.5 Å². The Morgan fingerprint density at radius 3 is 2.74 bits per heavy atom. The van der Waals surface area contributed by atoms with Crippen LogP contribution in [0.1, 0.15) is 17.5 Å². The average molecular weight is 311 g/mol. The molecule has 0 fully saturated rings. The quantitative estimate of drug-likeness (QED) is 0.870. The molecule has 0 saturated heterocycles. The Balaban J connectivity index is 1.41. The summed E-state index contributed by atoms with van der Waals surface area (Å²) < 4.78 is 15.9. The molecule has 0 radical (unpaired) electrons. The summed E-state index contributed by atoms with van der Waals surface area (Å²) in [5.74, 6) is 2.44. The van der Waals surface area contributed by atoms with E-state index in [4.69, 9.17) is 19.0 Å². The van der Waals surface area contributed by atoms with Crippen molar-refractivity contribution in [1.82, 2.24) is 0 Å². The van der Waals surface area contributed by atoms with Crippen LogP contribution in [-0.4, -0.2) is 25.7 Å². The molecule has 1 atom stereocenters. The van der Waals surface area contributed by atoms with Crippen molar-refractivity contribution in [3.8, 4) is 17.2 Å². The first-order chi connectivity index (χ1) is 11.3. The molecule has 2 aliphatic rings. The smallest absolute Gasteiger partial charge is 0.231 e. The topological polar surface area (TPSA) is 49.3 Å². The minimum atomic E-state index is 0.0486. The fraction of sp³-hybridized carbons (Fsp3) is 0.278. The zero-order chi connectivity index (χ0) is 15.6. The van der Waals surface area contributed by atoms with Gasteiger partial charge in [0, 0.05) is 12.8 Å². The van der Waals surface area contributed by atoms with E-state index >= 15 is 0 Å². The second-order valence-corrected chi connectivity index (χ2v) is 5.59. The SMILES string of the molecule is COc1ccc(C2=NOC(Cc3ccc4c(c3)OCO4)C2)cc1. The number of methoxy groups -OCH3 is 1. The van der Waals surface area contributed by atoms with Gasteiger partial charge in [0.25, 0.3) is 0 Å². The second kappa shape index (κ2) is 5.83. The number of fused-ring (bicyclic) bond motifs is 1. The zero-order valence-electron chi connectivity index (χ0n) is 12.8. The summed E-state index contributed by atoms with van der Waals surface area (Å²) in [5, 5.41) is 4.23. The van der Waals surface area contributed by atoms with E-state index in [9.17, 15) is 0 Å². The largest absolute Gasteiger partial charge is 0.497 e. The molecule has 2 aliphatic heterocycles. The maximum absolute atomic E-state index is 5.58.